The van der Waals surface area contributed by atoms with Crippen molar-refractivity contribution < 1.29 is 0 Å². The summed E-state index contributed by atoms with van der Waals surface area (Å²) in [5.74, 6) is 0. The van der Waals surface area contributed by atoms with Gasteiger partial charge in [-0.3, -0.25) is 9.78 Å². The Morgan fingerprint density at radius 2 is 2.00 bits per heavy atom. The average Bonchev–Trinajstić information content (AvgIpc) is 2.18. The van der Waals surface area contributed by atoms with Gasteiger partial charge in [0.25, 0.3) is 5.56 Å². The Bertz CT molecular complexity index is 454. The highest BCUT2D eigenvalue weighted by Crippen LogP contribution is 1.99. The van der Waals surface area contributed by atoms with Crippen LogP contribution in [0.15, 0.2) is 21.9 Å². The highest BCUT2D eigenvalue weighted by atomic mass is 16.2. The Balaban J connectivity index is 2.32. The molecule has 5 heteroatoms. The zero-order valence-electron chi connectivity index (χ0n) is 10.7. The first kappa shape index (κ1) is 13.7. The molecule has 0 saturated heterocycles. The van der Waals surface area contributed by atoms with Crippen molar-refractivity contribution >= 4 is 0 Å². The van der Waals surface area contributed by atoms with Gasteiger partial charge in [0.15, 0.2) is 0 Å². The second kappa shape index (κ2) is 5.82. The highest BCUT2D eigenvalue weighted by Gasteiger charge is 2.06. The second-order valence-corrected chi connectivity index (χ2v) is 5.19. The fraction of sp³-hybridized carbons (Fsp3) is 0.667. The molecule has 0 amide bonds. The number of aromatic nitrogens is 2. The molecule has 1 rings (SSSR count). The summed E-state index contributed by atoms with van der Waals surface area (Å²) in [5, 5.41) is 3.39. The normalized spacial score (nSPS) is 11.7. The summed E-state index contributed by atoms with van der Waals surface area (Å²) in [7, 11) is 0. The van der Waals surface area contributed by atoms with E-state index in [1.54, 1.807) is 6.20 Å². The van der Waals surface area contributed by atoms with Gasteiger partial charge in [-0.25, -0.2) is 4.79 Å². The average molecular weight is 239 g/mol. The molecule has 2 N–H and O–H groups in total. The molecule has 96 valence electrons. The van der Waals surface area contributed by atoms with Gasteiger partial charge in [0.1, 0.15) is 0 Å². The van der Waals surface area contributed by atoms with Gasteiger partial charge in [-0.05, 0) is 40.2 Å². The minimum atomic E-state index is -0.347. The van der Waals surface area contributed by atoms with E-state index in [2.05, 4.69) is 31.1 Å². The van der Waals surface area contributed by atoms with E-state index in [9.17, 15) is 9.59 Å². The summed E-state index contributed by atoms with van der Waals surface area (Å²) in [6.45, 7) is 7.95. The molecule has 1 aromatic rings. The van der Waals surface area contributed by atoms with Gasteiger partial charge in [-0.1, -0.05) is 0 Å². The van der Waals surface area contributed by atoms with Crippen molar-refractivity contribution in [1.29, 1.82) is 0 Å². The third-order valence-corrected chi connectivity index (χ3v) is 2.38. The lowest BCUT2D eigenvalue weighted by molar-refractivity contribution is 0.413. The van der Waals surface area contributed by atoms with E-state index in [0.717, 1.165) is 19.4 Å². The van der Waals surface area contributed by atoms with Gasteiger partial charge in [0.2, 0.25) is 0 Å². The molecule has 0 atom stereocenters. The number of hydrogen-bond acceptors (Lipinski definition) is 3. The van der Waals surface area contributed by atoms with Crippen LogP contribution in [0.25, 0.3) is 0 Å². The first-order chi connectivity index (χ1) is 7.88. The molecular formula is C12H21N3O2. The molecule has 0 aromatic carbocycles. The minimum Gasteiger partial charge on any atom is -0.312 e. The number of nitrogens with zero attached hydrogens (tertiary/aromatic N) is 1. The Labute approximate surface area is 101 Å². The van der Waals surface area contributed by atoms with Crippen molar-refractivity contribution in [3.63, 3.8) is 0 Å². The van der Waals surface area contributed by atoms with Crippen LogP contribution in [-0.2, 0) is 6.54 Å². The van der Waals surface area contributed by atoms with E-state index in [4.69, 9.17) is 0 Å². The second-order valence-electron chi connectivity index (χ2n) is 5.19. The molecule has 0 aliphatic heterocycles. The van der Waals surface area contributed by atoms with E-state index >= 15 is 0 Å². The van der Waals surface area contributed by atoms with Crippen LogP contribution in [0, 0.1) is 0 Å². The van der Waals surface area contributed by atoms with Crippen LogP contribution >= 0.6 is 0 Å². The highest BCUT2D eigenvalue weighted by molar-refractivity contribution is 4.82. The Morgan fingerprint density at radius 1 is 1.29 bits per heavy atom. The van der Waals surface area contributed by atoms with Gasteiger partial charge < -0.3 is 9.88 Å². The quantitative estimate of drug-likeness (QED) is 0.743. The standard InChI is InChI=1S/C12H21N3O2/c1-12(2,3)13-7-4-5-8-15-9-6-10(16)14-11(15)17/h6,9,13H,4-5,7-8H2,1-3H3,(H,14,16,17). The lowest BCUT2D eigenvalue weighted by Crippen LogP contribution is -2.36. The monoisotopic (exact) mass is 239 g/mol. The zero-order valence-corrected chi connectivity index (χ0v) is 10.7. The van der Waals surface area contributed by atoms with E-state index in [1.807, 2.05) is 0 Å². The molecule has 0 unspecified atom stereocenters. The van der Waals surface area contributed by atoms with Gasteiger partial charge in [-0.15, -0.1) is 0 Å². The largest absolute Gasteiger partial charge is 0.328 e. The number of unbranched alkanes of at least 4 members (excludes halogenated alkanes) is 1. The van der Waals surface area contributed by atoms with Gasteiger partial charge in [-0.2, -0.15) is 0 Å². The summed E-state index contributed by atoms with van der Waals surface area (Å²) >= 11 is 0. The number of hydrogen-bond donors (Lipinski definition) is 2. The molecule has 0 aliphatic rings. The predicted molar refractivity (Wildman–Crippen MR) is 68.3 cm³/mol. The minimum absolute atomic E-state index is 0.134. The number of nitrogens with one attached hydrogen (secondary N) is 2. The summed E-state index contributed by atoms with van der Waals surface area (Å²) in [4.78, 5) is 24.4. The van der Waals surface area contributed by atoms with Crippen molar-refractivity contribution in [1.82, 2.24) is 14.9 Å². The number of aromatic amines is 1. The van der Waals surface area contributed by atoms with Crippen LogP contribution in [-0.4, -0.2) is 21.6 Å². The maximum Gasteiger partial charge on any atom is 0.328 e. The molecule has 0 bridgehead atoms. The summed E-state index contributed by atoms with van der Waals surface area (Å²) in [6.07, 6.45) is 3.45. The molecular weight excluding hydrogens is 218 g/mol. The smallest absolute Gasteiger partial charge is 0.312 e. The first-order valence-electron chi connectivity index (χ1n) is 5.93. The summed E-state index contributed by atoms with van der Waals surface area (Å²) in [6, 6.07) is 1.37. The fourth-order valence-corrected chi connectivity index (χ4v) is 1.49. The Morgan fingerprint density at radius 3 is 2.59 bits per heavy atom. The number of rotatable bonds is 5. The lowest BCUT2D eigenvalue weighted by Gasteiger charge is -2.20. The summed E-state index contributed by atoms with van der Waals surface area (Å²) < 4.78 is 1.53. The van der Waals surface area contributed by atoms with Crippen molar-refractivity contribution in [3.8, 4) is 0 Å². The van der Waals surface area contributed by atoms with E-state index < -0.39 is 0 Å². The van der Waals surface area contributed by atoms with Crippen molar-refractivity contribution in [2.75, 3.05) is 6.54 Å². The van der Waals surface area contributed by atoms with Crippen LogP contribution in [0.3, 0.4) is 0 Å². The lowest BCUT2D eigenvalue weighted by atomic mass is 10.1. The SMILES string of the molecule is CC(C)(C)NCCCCn1ccc(=O)[nH]c1=O. The maximum atomic E-state index is 11.4. The zero-order chi connectivity index (χ0) is 12.9. The first-order valence-corrected chi connectivity index (χ1v) is 5.93. The molecule has 0 radical (unpaired) electrons. The third-order valence-electron chi connectivity index (χ3n) is 2.38. The van der Waals surface area contributed by atoms with Crippen LogP contribution in [0.1, 0.15) is 33.6 Å². The van der Waals surface area contributed by atoms with Crippen molar-refractivity contribution in [2.24, 2.45) is 0 Å². The van der Waals surface area contributed by atoms with Gasteiger partial charge >= 0.3 is 5.69 Å². The maximum absolute atomic E-state index is 11.4. The van der Waals surface area contributed by atoms with Gasteiger partial charge in [0, 0.05) is 24.3 Å². The number of aryl methyl sites for hydroxylation is 1. The molecule has 5 nitrogen and oxygen atoms in total. The van der Waals surface area contributed by atoms with Crippen LogP contribution < -0.4 is 16.6 Å². The molecule has 0 fully saturated rings. The topological polar surface area (TPSA) is 66.9 Å². The Hall–Kier alpha value is -1.36. The summed E-state index contributed by atoms with van der Waals surface area (Å²) in [5.41, 5.74) is -0.545. The van der Waals surface area contributed by atoms with E-state index in [0.29, 0.717) is 6.54 Å². The predicted octanol–water partition coefficient (Wildman–Crippen LogP) is 0.705. The van der Waals surface area contributed by atoms with Crippen LogP contribution in [0.5, 0.6) is 0 Å². The fourth-order valence-electron chi connectivity index (χ4n) is 1.49. The third kappa shape index (κ3) is 5.49. The Kier molecular flexibility index (Phi) is 4.69. The van der Waals surface area contributed by atoms with Crippen molar-refractivity contribution in [2.45, 2.75) is 45.7 Å². The van der Waals surface area contributed by atoms with E-state index in [1.165, 1.54) is 10.6 Å². The van der Waals surface area contributed by atoms with Crippen LogP contribution in [0.2, 0.25) is 0 Å². The van der Waals surface area contributed by atoms with Gasteiger partial charge in [0.05, 0.1) is 0 Å². The van der Waals surface area contributed by atoms with E-state index in [-0.39, 0.29) is 16.8 Å². The number of H-pyrrole nitrogens is 1. The molecule has 1 aromatic heterocycles. The molecule has 0 saturated carbocycles. The molecule has 1 heterocycles. The van der Waals surface area contributed by atoms with Crippen molar-refractivity contribution in [3.05, 3.63) is 33.1 Å². The molecule has 0 aliphatic carbocycles. The van der Waals surface area contributed by atoms with Crippen LogP contribution in [0.4, 0.5) is 0 Å². The molecule has 0 spiro atoms. The molecule has 17 heavy (non-hydrogen) atoms.